The molecule has 1 N–H and O–H groups in total. The zero-order valence-corrected chi connectivity index (χ0v) is 12.9. The van der Waals surface area contributed by atoms with E-state index in [-0.39, 0.29) is 0 Å². The fraction of sp³-hybridized carbons (Fsp3) is 0.571. The smallest absolute Gasteiger partial charge is 0.122 e. The summed E-state index contributed by atoms with van der Waals surface area (Å²) < 4.78 is 5.39. The maximum Gasteiger partial charge on any atom is 0.122 e. The van der Waals surface area contributed by atoms with Gasteiger partial charge in [-0.3, -0.25) is 0 Å². The number of benzene rings is 1. The first-order valence-corrected chi connectivity index (χ1v) is 8.03. The second kappa shape index (κ2) is 8.68. The molecule has 1 aromatic rings. The van der Waals surface area contributed by atoms with Crippen molar-refractivity contribution >= 4 is 23.4 Å². The topological polar surface area (TPSA) is 21.3 Å². The number of halogens is 1. The number of rotatable bonds is 8. The van der Waals surface area contributed by atoms with E-state index < -0.39 is 0 Å². The largest absolute Gasteiger partial charge is 0.496 e. The van der Waals surface area contributed by atoms with Gasteiger partial charge < -0.3 is 10.1 Å². The molecule has 0 heterocycles. The molecule has 18 heavy (non-hydrogen) atoms. The lowest BCUT2D eigenvalue weighted by Gasteiger charge is -2.19. The van der Waals surface area contributed by atoms with Crippen LogP contribution in [0.15, 0.2) is 18.2 Å². The minimum absolute atomic E-state index is 0.465. The highest BCUT2D eigenvalue weighted by Crippen LogP contribution is 2.24. The van der Waals surface area contributed by atoms with Gasteiger partial charge >= 0.3 is 0 Å². The second-order valence-electron chi connectivity index (χ2n) is 4.27. The molecule has 1 unspecified atom stereocenters. The lowest BCUT2D eigenvalue weighted by atomic mass is 10.1. The third kappa shape index (κ3) is 5.09. The van der Waals surface area contributed by atoms with Gasteiger partial charge in [0.2, 0.25) is 0 Å². The molecule has 4 heteroatoms. The van der Waals surface area contributed by atoms with Crippen LogP contribution in [0.3, 0.4) is 0 Å². The van der Waals surface area contributed by atoms with E-state index in [4.69, 9.17) is 16.3 Å². The van der Waals surface area contributed by atoms with Crippen LogP contribution in [0.2, 0.25) is 5.02 Å². The normalized spacial score (nSPS) is 12.4. The predicted octanol–water partition coefficient (Wildman–Crippen LogP) is 3.62. The van der Waals surface area contributed by atoms with Gasteiger partial charge in [-0.2, -0.15) is 11.8 Å². The molecule has 0 fully saturated rings. The van der Waals surface area contributed by atoms with Crippen LogP contribution in [0.25, 0.3) is 0 Å². The monoisotopic (exact) mass is 287 g/mol. The van der Waals surface area contributed by atoms with E-state index in [9.17, 15) is 0 Å². The summed E-state index contributed by atoms with van der Waals surface area (Å²) in [6.45, 7) is 3.23. The van der Waals surface area contributed by atoms with Gasteiger partial charge in [0.1, 0.15) is 5.75 Å². The zero-order valence-electron chi connectivity index (χ0n) is 11.3. The molecule has 1 atom stereocenters. The van der Waals surface area contributed by atoms with Crippen LogP contribution in [0.4, 0.5) is 0 Å². The summed E-state index contributed by atoms with van der Waals surface area (Å²) in [5.41, 5.74) is 1.17. The van der Waals surface area contributed by atoms with Crippen molar-refractivity contribution in [1.29, 1.82) is 0 Å². The highest BCUT2D eigenvalue weighted by molar-refractivity contribution is 7.98. The Bertz CT molecular complexity index is 360. The summed E-state index contributed by atoms with van der Waals surface area (Å²) in [7, 11) is 1.70. The molecule has 0 saturated heterocycles. The molecule has 1 aromatic carbocycles. The highest BCUT2D eigenvalue weighted by atomic mass is 35.5. The number of thioether (sulfide) groups is 1. The molecule has 0 aromatic heterocycles. The first kappa shape index (κ1) is 15.7. The van der Waals surface area contributed by atoms with Crippen molar-refractivity contribution < 1.29 is 4.74 Å². The molecule has 2 nitrogen and oxygen atoms in total. The zero-order chi connectivity index (χ0) is 13.4. The minimum Gasteiger partial charge on any atom is -0.496 e. The standard InChI is InChI=1S/C14H22ClNOS/c1-4-7-16-13(10-18-3)9-11-8-12(15)5-6-14(11)17-2/h5-6,8,13,16H,4,7,9-10H2,1-3H3. The van der Waals surface area contributed by atoms with Gasteiger partial charge in [0.15, 0.2) is 0 Å². The van der Waals surface area contributed by atoms with Crippen LogP contribution in [-0.2, 0) is 6.42 Å². The third-order valence-electron chi connectivity index (χ3n) is 2.76. The summed E-state index contributed by atoms with van der Waals surface area (Å²) >= 11 is 7.92. The van der Waals surface area contributed by atoms with E-state index in [0.29, 0.717) is 6.04 Å². The molecule has 0 aliphatic heterocycles. The molecule has 0 aliphatic carbocycles. The summed E-state index contributed by atoms with van der Waals surface area (Å²) in [5.74, 6) is 2.01. The van der Waals surface area contributed by atoms with Crippen molar-refractivity contribution in [2.45, 2.75) is 25.8 Å². The SMILES string of the molecule is CCCNC(CSC)Cc1cc(Cl)ccc1OC. The minimum atomic E-state index is 0.465. The van der Waals surface area contributed by atoms with Gasteiger partial charge in [-0.15, -0.1) is 0 Å². The van der Waals surface area contributed by atoms with E-state index in [1.165, 1.54) is 5.56 Å². The molecular weight excluding hydrogens is 266 g/mol. The van der Waals surface area contributed by atoms with E-state index in [2.05, 4.69) is 18.5 Å². The van der Waals surface area contributed by atoms with Crippen LogP contribution < -0.4 is 10.1 Å². The molecule has 0 amide bonds. The van der Waals surface area contributed by atoms with Gasteiger partial charge in [0.25, 0.3) is 0 Å². The Morgan fingerprint density at radius 1 is 1.44 bits per heavy atom. The van der Waals surface area contributed by atoms with Crippen molar-refractivity contribution in [2.24, 2.45) is 0 Å². The summed E-state index contributed by atoms with van der Waals surface area (Å²) in [6.07, 6.45) is 4.23. The highest BCUT2D eigenvalue weighted by Gasteiger charge is 2.12. The van der Waals surface area contributed by atoms with Gasteiger partial charge in [0, 0.05) is 16.8 Å². The molecule has 0 saturated carbocycles. The maximum absolute atomic E-state index is 6.06. The van der Waals surface area contributed by atoms with Crippen LogP contribution >= 0.6 is 23.4 Å². The van der Waals surface area contributed by atoms with Gasteiger partial charge in [-0.1, -0.05) is 18.5 Å². The summed E-state index contributed by atoms with van der Waals surface area (Å²) in [4.78, 5) is 0. The van der Waals surface area contributed by atoms with Crippen molar-refractivity contribution in [3.05, 3.63) is 28.8 Å². The molecule has 0 aliphatic rings. The Labute approximate surface area is 119 Å². The second-order valence-corrected chi connectivity index (χ2v) is 5.61. The fourth-order valence-corrected chi connectivity index (χ4v) is 2.74. The van der Waals surface area contributed by atoms with Crippen LogP contribution in [0.1, 0.15) is 18.9 Å². The molecule has 0 radical (unpaired) electrons. The maximum atomic E-state index is 6.06. The summed E-state index contributed by atoms with van der Waals surface area (Å²) in [6, 6.07) is 6.27. The molecule has 102 valence electrons. The van der Waals surface area contributed by atoms with Gasteiger partial charge in [0.05, 0.1) is 7.11 Å². The van der Waals surface area contributed by atoms with Crippen molar-refractivity contribution in [2.75, 3.05) is 25.7 Å². The van der Waals surface area contributed by atoms with Crippen LogP contribution in [-0.4, -0.2) is 31.7 Å². The Kier molecular flexibility index (Phi) is 7.56. The first-order chi connectivity index (χ1) is 8.71. The molecule has 0 bridgehead atoms. The Morgan fingerprint density at radius 2 is 2.22 bits per heavy atom. The number of nitrogens with one attached hydrogen (secondary N) is 1. The third-order valence-corrected chi connectivity index (χ3v) is 3.73. The average Bonchev–Trinajstić information content (AvgIpc) is 2.36. The summed E-state index contributed by atoms with van der Waals surface area (Å²) in [5, 5.41) is 4.34. The molecular formula is C14H22ClNOS. The van der Waals surface area contributed by atoms with Crippen molar-refractivity contribution in [3.8, 4) is 5.75 Å². The van der Waals surface area contributed by atoms with Crippen molar-refractivity contribution in [3.63, 3.8) is 0 Å². The predicted molar refractivity (Wildman–Crippen MR) is 82.2 cm³/mol. The van der Waals surface area contributed by atoms with Crippen LogP contribution in [0, 0.1) is 0 Å². The number of methoxy groups -OCH3 is 1. The van der Waals surface area contributed by atoms with E-state index in [0.717, 1.165) is 35.9 Å². The fourth-order valence-electron chi connectivity index (χ4n) is 1.91. The first-order valence-electron chi connectivity index (χ1n) is 6.26. The van der Waals surface area contributed by atoms with Gasteiger partial charge in [-0.25, -0.2) is 0 Å². The number of hydrogen-bond acceptors (Lipinski definition) is 3. The van der Waals surface area contributed by atoms with Gasteiger partial charge in [-0.05, 0) is 49.4 Å². The Hall–Kier alpha value is -0.380. The van der Waals surface area contributed by atoms with Crippen molar-refractivity contribution in [1.82, 2.24) is 5.32 Å². The Morgan fingerprint density at radius 3 is 2.83 bits per heavy atom. The Balaban J connectivity index is 2.74. The van der Waals surface area contributed by atoms with E-state index in [1.807, 2.05) is 30.0 Å². The lowest BCUT2D eigenvalue weighted by Crippen LogP contribution is -2.34. The lowest BCUT2D eigenvalue weighted by molar-refractivity contribution is 0.406. The quantitative estimate of drug-likeness (QED) is 0.789. The number of ether oxygens (including phenoxy) is 1. The molecule has 1 rings (SSSR count). The average molecular weight is 288 g/mol. The van der Waals surface area contributed by atoms with Crippen LogP contribution in [0.5, 0.6) is 5.75 Å². The molecule has 0 spiro atoms. The van der Waals surface area contributed by atoms with E-state index >= 15 is 0 Å². The van der Waals surface area contributed by atoms with E-state index in [1.54, 1.807) is 7.11 Å². The number of hydrogen-bond donors (Lipinski definition) is 1.